The minimum Gasteiger partial charge on any atom is -0.296 e. The predicted octanol–water partition coefficient (Wildman–Crippen LogP) is 1.58. The number of benzene rings is 1. The van der Waals surface area contributed by atoms with E-state index >= 15 is 0 Å². The van der Waals surface area contributed by atoms with Crippen molar-refractivity contribution < 1.29 is 0 Å². The fourth-order valence-electron chi connectivity index (χ4n) is 1.46. The van der Waals surface area contributed by atoms with Crippen molar-refractivity contribution in [1.82, 2.24) is 14.8 Å². The first-order valence-corrected chi connectivity index (χ1v) is 5.31. The molecule has 17 heavy (non-hydrogen) atoms. The third kappa shape index (κ3) is 2.51. The van der Waals surface area contributed by atoms with Crippen LogP contribution in [0, 0.1) is 6.92 Å². The number of hydrogen-bond donors (Lipinski definition) is 2. The van der Waals surface area contributed by atoms with E-state index in [-0.39, 0.29) is 0 Å². The quantitative estimate of drug-likeness (QED) is 0.619. The molecule has 2 rings (SSSR count). The molecule has 1 heterocycles. The number of nitrogens with zero attached hydrogens (tertiary/aromatic N) is 3. The monoisotopic (exact) mass is 229 g/mol. The van der Waals surface area contributed by atoms with Crippen LogP contribution in [-0.4, -0.2) is 14.8 Å². The van der Waals surface area contributed by atoms with Crippen LogP contribution in [0.4, 0.5) is 5.95 Å². The normalized spacial score (nSPS) is 11.0. The van der Waals surface area contributed by atoms with Gasteiger partial charge in [-0.05, 0) is 18.6 Å². The third-order valence-corrected chi connectivity index (χ3v) is 2.54. The lowest BCUT2D eigenvalue weighted by Gasteiger charge is -1.99. The molecule has 0 bridgehead atoms. The Hall–Kier alpha value is -2.14. The van der Waals surface area contributed by atoms with Gasteiger partial charge in [0.25, 0.3) is 0 Å². The van der Waals surface area contributed by atoms with Gasteiger partial charge in [-0.25, -0.2) is 5.84 Å². The molecule has 1 aromatic heterocycles. The summed E-state index contributed by atoms with van der Waals surface area (Å²) >= 11 is 0. The van der Waals surface area contributed by atoms with Gasteiger partial charge in [-0.3, -0.25) is 9.99 Å². The Kier molecular flexibility index (Phi) is 3.20. The first-order chi connectivity index (χ1) is 8.20. The number of hydrazine groups is 1. The lowest BCUT2D eigenvalue weighted by molar-refractivity contribution is 0.895. The van der Waals surface area contributed by atoms with E-state index in [4.69, 9.17) is 5.84 Å². The van der Waals surface area contributed by atoms with E-state index in [2.05, 4.69) is 46.8 Å². The molecule has 0 amide bonds. The van der Waals surface area contributed by atoms with Crippen LogP contribution in [0.15, 0.2) is 24.3 Å². The molecule has 88 valence electrons. The van der Waals surface area contributed by atoms with Gasteiger partial charge in [0.2, 0.25) is 5.95 Å². The average molecular weight is 229 g/mol. The van der Waals surface area contributed by atoms with Crippen molar-refractivity contribution in [3.05, 3.63) is 41.2 Å². The van der Waals surface area contributed by atoms with Crippen molar-refractivity contribution in [2.45, 2.75) is 6.92 Å². The van der Waals surface area contributed by atoms with E-state index in [1.54, 1.807) is 4.57 Å². The standard InChI is InChI=1S/C12H15N5/c1-9-3-5-10(6-4-9)7-8-11-15-16-12(14-13)17(11)2/h3-8H,13H2,1-2H3,(H,14,16)/b8-7+. The Bertz CT molecular complexity index is 524. The number of aromatic nitrogens is 3. The maximum absolute atomic E-state index is 5.29. The van der Waals surface area contributed by atoms with Gasteiger partial charge in [-0.2, -0.15) is 0 Å². The summed E-state index contributed by atoms with van der Waals surface area (Å²) in [4.78, 5) is 0. The Labute approximate surface area is 99.9 Å². The van der Waals surface area contributed by atoms with Crippen molar-refractivity contribution >= 4 is 18.1 Å². The molecule has 0 saturated heterocycles. The van der Waals surface area contributed by atoms with Crippen LogP contribution in [0.2, 0.25) is 0 Å². The molecular formula is C12H15N5. The highest BCUT2D eigenvalue weighted by Gasteiger charge is 2.02. The highest BCUT2D eigenvalue weighted by molar-refractivity contribution is 5.67. The Balaban J connectivity index is 2.20. The van der Waals surface area contributed by atoms with Crippen molar-refractivity contribution in [3.8, 4) is 0 Å². The molecule has 0 aliphatic heterocycles. The van der Waals surface area contributed by atoms with E-state index in [1.807, 2.05) is 19.2 Å². The summed E-state index contributed by atoms with van der Waals surface area (Å²) in [5.74, 6) is 6.57. The lowest BCUT2D eigenvalue weighted by atomic mass is 10.1. The van der Waals surface area contributed by atoms with Crippen molar-refractivity contribution in [2.75, 3.05) is 5.43 Å². The highest BCUT2D eigenvalue weighted by atomic mass is 15.4. The van der Waals surface area contributed by atoms with Gasteiger partial charge in [-0.15, -0.1) is 10.2 Å². The molecule has 5 nitrogen and oxygen atoms in total. The minimum absolute atomic E-state index is 0.536. The fraction of sp³-hybridized carbons (Fsp3) is 0.167. The van der Waals surface area contributed by atoms with Gasteiger partial charge in [-0.1, -0.05) is 35.9 Å². The van der Waals surface area contributed by atoms with Crippen LogP contribution in [0.1, 0.15) is 17.0 Å². The fourth-order valence-corrected chi connectivity index (χ4v) is 1.46. The summed E-state index contributed by atoms with van der Waals surface area (Å²) in [5.41, 5.74) is 4.85. The molecule has 1 aromatic carbocycles. The largest absolute Gasteiger partial charge is 0.296 e. The van der Waals surface area contributed by atoms with Crippen LogP contribution < -0.4 is 11.3 Å². The van der Waals surface area contributed by atoms with E-state index < -0.39 is 0 Å². The first kappa shape index (κ1) is 11.3. The lowest BCUT2D eigenvalue weighted by Crippen LogP contribution is -2.11. The summed E-state index contributed by atoms with van der Waals surface area (Å²) in [6, 6.07) is 8.26. The zero-order valence-corrected chi connectivity index (χ0v) is 9.88. The molecule has 0 spiro atoms. The highest BCUT2D eigenvalue weighted by Crippen LogP contribution is 2.09. The van der Waals surface area contributed by atoms with Gasteiger partial charge in [0.15, 0.2) is 5.82 Å². The van der Waals surface area contributed by atoms with Gasteiger partial charge in [0, 0.05) is 7.05 Å². The SMILES string of the molecule is Cc1ccc(/C=C/c2nnc(NN)n2C)cc1. The number of nitrogens with two attached hydrogens (primary N) is 1. The molecule has 0 saturated carbocycles. The molecule has 3 N–H and O–H groups in total. The molecule has 0 aliphatic rings. The topological polar surface area (TPSA) is 68.8 Å². The molecule has 2 aromatic rings. The number of nitrogens with one attached hydrogen (secondary N) is 1. The summed E-state index contributed by atoms with van der Waals surface area (Å²) < 4.78 is 1.78. The first-order valence-electron chi connectivity index (χ1n) is 5.31. The number of rotatable bonds is 3. The zero-order valence-electron chi connectivity index (χ0n) is 9.88. The summed E-state index contributed by atoms with van der Waals surface area (Å²) in [6.07, 6.45) is 3.89. The van der Waals surface area contributed by atoms with Gasteiger partial charge >= 0.3 is 0 Å². The van der Waals surface area contributed by atoms with Gasteiger partial charge in [0.1, 0.15) is 0 Å². The molecular weight excluding hydrogens is 214 g/mol. The molecule has 0 fully saturated rings. The number of hydrogen-bond acceptors (Lipinski definition) is 4. The second-order valence-electron chi connectivity index (χ2n) is 3.83. The van der Waals surface area contributed by atoms with E-state index in [9.17, 15) is 0 Å². The van der Waals surface area contributed by atoms with E-state index in [0.29, 0.717) is 5.95 Å². The minimum atomic E-state index is 0.536. The van der Waals surface area contributed by atoms with Crippen LogP contribution >= 0.6 is 0 Å². The van der Waals surface area contributed by atoms with E-state index in [1.165, 1.54) is 5.56 Å². The number of aryl methyl sites for hydroxylation is 1. The average Bonchev–Trinajstić information content (AvgIpc) is 2.69. The van der Waals surface area contributed by atoms with Crippen LogP contribution in [0.25, 0.3) is 12.2 Å². The second kappa shape index (κ2) is 4.80. The maximum Gasteiger partial charge on any atom is 0.238 e. The van der Waals surface area contributed by atoms with Gasteiger partial charge < -0.3 is 0 Å². The molecule has 0 radical (unpaired) electrons. The van der Waals surface area contributed by atoms with Crippen molar-refractivity contribution in [1.29, 1.82) is 0 Å². The summed E-state index contributed by atoms with van der Waals surface area (Å²) in [5, 5.41) is 7.89. The van der Waals surface area contributed by atoms with Crippen LogP contribution in [-0.2, 0) is 7.05 Å². The van der Waals surface area contributed by atoms with Crippen molar-refractivity contribution in [3.63, 3.8) is 0 Å². The van der Waals surface area contributed by atoms with E-state index in [0.717, 1.165) is 11.4 Å². The Morgan fingerprint density at radius 3 is 2.47 bits per heavy atom. The Morgan fingerprint density at radius 1 is 1.18 bits per heavy atom. The smallest absolute Gasteiger partial charge is 0.238 e. The maximum atomic E-state index is 5.29. The van der Waals surface area contributed by atoms with Crippen molar-refractivity contribution in [2.24, 2.45) is 12.9 Å². The molecule has 5 heteroatoms. The second-order valence-corrected chi connectivity index (χ2v) is 3.83. The third-order valence-electron chi connectivity index (χ3n) is 2.54. The molecule has 0 atom stereocenters. The zero-order chi connectivity index (χ0) is 12.3. The number of anilines is 1. The summed E-state index contributed by atoms with van der Waals surface area (Å²) in [6.45, 7) is 2.06. The van der Waals surface area contributed by atoms with Gasteiger partial charge in [0.05, 0.1) is 0 Å². The van der Waals surface area contributed by atoms with Crippen LogP contribution in [0.3, 0.4) is 0 Å². The predicted molar refractivity (Wildman–Crippen MR) is 68.9 cm³/mol. The Morgan fingerprint density at radius 2 is 1.88 bits per heavy atom. The number of nitrogen functional groups attached to an aromatic ring is 1. The van der Waals surface area contributed by atoms with Crippen LogP contribution in [0.5, 0.6) is 0 Å². The molecule has 0 aliphatic carbocycles. The molecule has 0 unspecified atom stereocenters. The summed E-state index contributed by atoms with van der Waals surface area (Å²) in [7, 11) is 1.85.